The lowest BCUT2D eigenvalue weighted by molar-refractivity contribution is 0.0727. The Morgan fingerprint density at radius 1 is 1.11 bits per heavy atom. The highest BCUT2D eigenvalue weighted by molar-refractivity contribution is 5.95. The lowest BCUT2D eigenvalue weighted by Gasteiger charge is -2.15. The maximum atomic E-state index is 10.0. The molecule has 5 rings (SSSR count). The molecule has 35 heavy (non-hydrogen) atoms. The summed E-state index contributed by atoms with van der Waals surface area (Å²) in [5, 5.41) is 18.5. The Labute approximate surface area is 201 Å². The lowest BCUT2D eigenvalue weighted by atomic mass is 10.0. The summed E-state index contributed by atoms with van der Waals surface area (Å²) in [6, 6.07) is 11.7. The first-order chi connectivity index (χ1) is 17.0. The molecule has 1 aromatic carbocycles. The second-order valence-corrected chi connectivity index (χ2v) is 8.26. The van der Waals surface area contributed by atoms with E-state index in [1.165, 1.54) is 0 Å². The number of aromatic nitrogens is 6. The van der Waals surface area contributed by atoms with Crippen LogP contribution in [-0.4, -0.2) is 61.2 Å². The van der Waals surface area contributed by atoms with Gasteiger partial charge in [0.2, 0.25) is 5.95 Å². The Bertz CT molecular complexity index is 1480. The van der Waals surface area contributed by atoms with Crippen LogP contribution in [0.15, 0.2) is 61.2 Å². The smallest absolute Gasteiger partial charge is 0.221 e. The summed E-state index contributed by atoms with van der Waals surface area (Å²) in [4.78, 5) is 16.8. The standard InChI is InChI=1S/C25H26N8O2/c1-33-13-16(10-30-33)15-7-19-20(12-29-24(19)28-9-15)23-8-22(31-25(26)32-23)18-5-3-4-6-21(18)27-11-17(34)14-35-2/h3-10,12-13,17,27,34H,11,14H2,1-2H3,(H,28,29)(H2,26,31,32). The number of hydrogen-bond acceptors (Lipinski definition) is 8. The summed E-state index contributed by atoms with van der Waals surface area (Å²) in [5.41, 5.74) is 12.7. The number of aromatic amines is 1. The monoisotopic (exact) mass is 470 g/mol. The number of nitrogens with zero attached hydrogens (tertiary/aromatic N) is 5. The van der Waals surface area contributed by atoms with Crippen molar-refractivity contribution in [3.05, 3.63) is 61.2 Å². The quantitative estimate of drug-likeness (QED) is 0.271. The van der Waals surface area contributed by atoms with Gasteiger partial charge >= 0.3 is 0 Å². The molecule has 1 atom stereocenters. The van der Waals surface area contributed by atoms with Crippen LogP contribution in [-0.2, 0) is 11.8 Å². The molecule has 178 valence electrons. The van der Waals surface area contributed by atoms with Crippen LogP contribution < -0.4 is 11.1 Å². The maximum Gasteiger partial charge on any atom is 0.221 e. The molecule has 1 unspecified atom stereocenters. The fraction of sp³-hybridized carbons (Fsp3) is 0.200. The van der Waals surface area contributed by atoms with Gasteiger partial charge in [0, 0.05) is 72.6 Å². The number of nitrogens with two attached hydrogens (primary N) is 1. The summed E-state index contributed by atoms with van der Waals surface area (Å²) >= 11 is 0. The highest BCUT2D eigenvalue weighted by Gasteiger charge is 2.15. The zero-order chi connectivity index (χ0) is 24.4. The number of benzene rings is 1. The number of aliphatic hydroxyl groups excluding tert-OH is 1. The molecule has 0 bridgehead atoms. The molecule has 5 N–H and O–H groups in total. The Kier molecular flexibility index (Phi) is 6.13. The number of rotatable bonds is 8. The number of para-hydroxylation sites is 1. The minimum absolute atomic E-state index is 0.164. The van der Waals surface area contributed by atoms with E-state index in [0.29, 0.717) is 17.9 Å². The van der Waals surface area contributed by atoms with Gasteiger partial charge in [0.05, 0.1) is 30.3 Å². The number of nitrogen functional groups attached to an aromatic ring is 1. The van der Waals surface area contributed by atoms with Crippen LogP contribution in [0.1, 0.15) is 0 Å². The molecule has 10 heteroatoms. The number of aliphatic hydroxyl groups is 1. The third kappa shape index (κ3) is 4.70. The van der Waals surface area contributed by atoms with Crippen molar-refractivity contribution < 1.29 is 9.84 Å². The van der Waals surface area contributed by atoms with Gasteiger partial charge in [-0.15, -0.1) is 0 Å². The summed E-state index contributed by atoms with van der Waals surface area (Å²) in [6.07, 6.45) is 6.82. The van der Waals surface area contributed by atoms with Gasteiger partial charge in [0.1, 0.15) is 5.65 Å². The average molecular weight is 471 g/mol. The van der Waals surface area contributed by atoms with Crippen molar-refractivity contribution in [2.24, 2.45) is 7.05 Å². The normalized spacial score (nSPS) is 12.2. The topological polar surface area (TPSA) is 140 Å². The summed E-state index contributed by atoms with van der Waals surface area (Å²) in [7, 11) is 3.44. The number of methoxy groups -OCH3 is 1. The Hall–Kier alpha value is -4.28. The molecule has 0 spiro atoms. The van der Waals surface area contributed by atoms with Gasteiger partial charge in [0.25, 0.3) is 0 Å². The van der Waals surface area contributed by atoms with Crippen LogP contribution >= 0.6 is 0 Å². The van der Waals surface area contributed by atoms with E-state index in [9.17, 15) is 5.11 Å². The zero-order valence-corrected chi connectivity index (χ0v) is 19.4. The largest absolute Gasteiger partial charge is 0.389 e. The van der Waals surface area contributed by atoms with Crippen LogP contribution in [0.5, 0.6) is 0 Å². The van der Waals surface area contributed by atoms with E-state index in [1.807, 2.05) is 62.2 Å². The minimum atomic E-state index is -0.633. The first-order valence-corrected chi connectivity index (χ1v) is 11.1. The molecule has 0 radical (unpaired) electrons. The number of ether oxygens (including phenoxy) is 1. The van der Waals surface area contributed by atoms with Crippen LogP contribution in [0.25, 0.3) is 44.7 Å². The van der Waals surface area contributed by atoms with E-state index < -0.39 is 6.10 Å². The van der Waals surface area contributed by atoms with Crippen LogP contribution in [0.3, 0.4) is 0 Å². The fourth-order valence-electron chi connectivity index (χ4n) is 4.02. The molecule has 0 aliphatic heterocycles. The van der Waals surface area contributed by atoms with Gasteiger partial charge in [-0.3, -0.25) is 4.68 Å². The van der Waals surface area contributed by atoms with E-state index in [2.05, 4.69) is 36.4 Å². The van der Waals surface area contributed by atoms with Crippen molar-refractivity contribution in [3.8, 4) is 33.6 Å². The van der Waals surface area contributed by atoms with Gasteiger partial charge in [-0.2, -0.15) is 5.10 Å². The van der Waals surface area contributed by atoms with Crippen molar-refractivity contribution >= 4 is 22.7 Å². The van der Waals surface area contributed by atoms with Gasteiger partial charge in [-0.05, 0) is 18.2 Å². The molecule has 0 saturated carbocycles. The third-order valence-corrected chi connectivity index (χ3v) is 5.68. The van der Waals surface area contributed by atoms with E-state index in [4.69, 9.17) is 10.5 Å². The molecule has 0 saturated heterocycles. The number of hydrogen-bond donors (Lipinski definition) is 4. The number of pyridine rings is 1. The molecule has 0 amide bonds. The van der Waals surface area contributed by atoms with Crippen LogP contribution in [0.2, 0.25) is 0 Å². The summed E-state index contributed by atoms with van der Waals surface area (Å²) in [6.45, 7) is 0.582. The number of aryl methyl sites for hydroxylation is 1. The highest BCUT2D eigenvalue weighted by atomic mass is 16.5. The molecule has 5 aromatic rings. The number of nitrogens with one attached hydrogen (secondary N) is 2. The van der Waals surface area contributed by atoms with E-state index in [-0.39, 0.29) is 12.6 Å². The summed E-state index contributed by atoms with van der Waals surface area (Å²) in [5.74, 6) is 0.164. The molecule has 10 nitrogen and oxygen atoms in total. The SMILES string of the molecule is COCC(O)CNc1ccccc1-c1cc(-c2c[nH]c3ncc(-c4cnn(C)c4)cc23)nc(N)n1. The minimum Gasteiger partial charge on any atom is -0.389 e. The number of H-pyrrole nitrogens is 1. The Morgan fingerprint density at radius 3 is 2.69 bits per heavy atom. The highest BCUT2D eigenvalue weighted by Crippen LogP contribution is 2.33. The second kappa shape index (κ2) is 9.53. The van der Waals surface area contributed by atoms with Crippen molar-refractivity contribution in [2.45, 2.75) is 6.10 Å². The van der Waals surface area contributed by atoms with Crippen molar-refractivity contribution in [2.75, 3.05) is 31.3 Å². The Morgan fingerprint density at radius 2 is 1.91 bits per heavy atom. The zero-order valence-electron chi connectivity index (χ0n) is 19.4. The van der Waals surface area contributed by atoms with Gasteiger partial charge in [-0.1, -0.05) is 18.2 Å². The lowest BCUT2D eigenvalue weighted by Crippen LogP contribution is -2.24. The van der Waals surface area contributed by atoms with E-state index in [0.717, 1.165) is 39.0 Å². The van der Waals surface area contributed by atoms with Gasteiger partial charge in [0.15, 0.2) is 0 Å². The van der Waals surface area contributed by atoms with E-state index in [1.54, 1.807) is 11.8 Å². The van der Waals surface area contributed by atoms with Gasteiger partial charge in [-0.25, -0.2) is 15.0 Å². The molecular weight excluding hydrogens is 444 g/mol. The first-order valence-electron chi connectivity index (χ1n) is 11.1. The molecule has 0 fully saturated rings. The molecule has 0 aliphatic carbocycles. The fourth-order valence-corrected chi connectivity index (χ4v) is 4.02. The summed E-state index contributed by atoms with van der Waals surface area (Å²) < 4.78 is 6.77. The molecule has 4 aromatic heterocycles. The number of anilines is 2. The Balaban J connectivity index is 1.54. The molecule has 0 aliphatic rings. The number of fused-ring (bicyclic) bond motifs is 1. The van der Waals surface area contributed by atoms with Crippen LogP contribution in [0, 0.1) is 0 Å². The first kappa shape index (κ1) is 22.5. The van der Waals surface area contributed by atoms with Crippen molar-refractivity contribution in [1.29, 1.82) is 0 Å². The third-order valence-electron chi connectivity index (χ3n) is 5.68. The molecule has 4 heterocycles. The van der Waals surface area contributed by atoms with Gasteiger partial charge < -0.3 is 25.9 Å². The predicted molar refractivity (Wildman–Crippen MR) is 136 cm³/mol. The van der Waals surface area contributed by atoms with Crippen molar-refractivity contribution in [1.82, 2.24) is 29.7 Å². The second-order valence-electron chi connectivity index (χ2n) is 8.26. The predicted octanol–water partition coefficient (Wildman–Crippen LogP) is 3.09. The average Bonchev–Trinajstić information content (AvgIpc) is 3.48. The maximum absolute atomic E-state index is 10.0. The molecular formula is C25H26N8O2. The van der Waals surface area contributed by atoms with E-state index >= 15 is 0 Å². The van der Waals surface area contributed by atoms with Crippen molar-refractivity contribution in [3.63, 3.8) is 0 Å². The van der Waals surface area contributed by atoms with Crippen LogP contribution in [0.4, 0.5) is 11.6 Å².